The summed E-state index contributed by atoms with van der Waals surface area (Å²) in [4.78, 5) is 27.2. The topological polar surface area (TPSA) is 70.8 Å². The van der Waals surface area contributed by atoms with Gasteiger partial charge in [-0.15, -0.1) is 0 Å². The van der Waals surface area contributed by atoms with Crippen LogP contribution < -0.4 is 0 Å². The monoisotopic (exact) mass is 407 g/mol. The molecule has 1 amide bonds. The van der Waals surface area contributed by atoms with Crippen LogP contribution in [-0.2, 0) is 16.1 Å². The summed E-state index contributed by atoms with van der Waals surface area (Å²) in [6, 6.07) is 16.7. The molecule has 29 heavy (non-hydrogen) atoms. The third-order valence-corrected chi connectivity index (χ3v) is 5.21. The Morgan fingerprint density at radius 2 is 1.76 bits per heavy atom. The SMILES string of the molecule is Cc1ccc(C(O)=C2C(=O)C(=O)N(Cc3ccco3)[C@H]2c2ccc(Cl)cc2)cc1. The number of carbonyl (C=O) groups excluding carboxylic acids is 2. The number of hydrogen-bond acceptors (Lipinski definition) is 4. The van der Waals surface area contributed by atoms with Crippen LogP contribution in [0.5, 0.6) is 0 Å². The maximum absolute atomic E-state index is 12.9. The fraction of sp³-hybridized carbons (Fsp3) is 0.130. The van der Waals surface area contributed by atoms with Gasteiger partial charge in [0.25, 0.3) is 11.7 Å². The van der Waals surface area contributed by atoms with Gasteiger partial charge in [-0.25, -0.2) is 0 Å². The highest BCUT2D eigenvalue weighted by molar-refractivity contribution is 6.46. The number of likely N-dealkylation sites (tertiary alicyclic amines) is 1. The number of furan rings is 1. The van der Waals surface area contributed by atoms with Gasteiger partial charge in [0.15, 0.2) is 0 Å². The van der Waals surface area contributed by atoms with Crippen molar-refractivity contribution in [1.82, 2.24) is 4.90 Å². The minimum Gasteiger partial charge on any atom is -0.507 e. The number of aryl methyl sites for hydroxylation is 1. The number of aliphatic hydroxyl groups excluding tert-OH is 1. The lowest BCUT2D eigenvalue weighted by molar-refractivity contribution is -0.140. The third-order valence-electron chi connectivity index (χ3n) is 4.96. The standard InChI is InChI=1S/C23H18ClNO4/c1-14-4-6-16(7-5-14)21(26)19-20(15-8-10-17(24)11-9-15)25(23(28)22(19)27)13-18-3-2-12-29-18/h2-12,20,26H,13H2,1H3/t20-/m0/s1. The summed E-state index contributed by atoms with van der Waals surface area (Å²) in [7, 11) is 0. The third kappa shape index (κ3) is 3.57. The highest BCUT2D eigenvalue weighted by Crippen LogP contribution is 2.40. The van der Waals surface area contributed by atoms with Crippen molar-refractivity contribution >= 4 is 29.1 Å². The van der Waals surface area contributed by atoms with Crippen molar-refractivity contribution in [2.75, 3.05) is 0 Å². The van der Waals surface area contributed by atoms with E-state index < -0.39 is 17.7 Å². The summed E-state index contributed by atoms with van der Waals surface area (Å²) in [5, 5.41) is 11.5. The predicted octanol–water partition coefficient (Wildman–Crippen LogP) is 4.86. The van der Waals surface area contributed by atoms with E-state index in [1.54, 1.807) is 48.5 Å². The molecule has 1 aromatic heterocycles. The number of ketones is 1. The van der Waals surface area contributed by atoms with Crippen LogP contribution in [0.15, 0.2) is 76.9 Å². The Balaban J connectivity index is 1.86. The summed E-state index contributed by atoms with van der Waals surface area (Å²) in [6.45, 7) is 2.04. The first-order valence-electron chi connectivity index (χ1n) is 9.09. The van der Waals surface area contributed by atoms with E-state index in [-0.39, 0.29) is 17.9 Å². The minimum atomic E-state index is -0.751. The van der Waals surface area contributed by atoms with Crippen molar-refractivity contribution in [2.24, 2.45) is 0 Å². The molecule has 1 aliphatic heterocycles. The van der Waals surface area contributed by atoms with E-state index in [1.165, 1.54) is 11.2 Å². The second kappa shape index (κ2) is 7.60. The molecule has 0 bridgehead atoms. The Morgan fingerprint density at radius 1 is 1.07 bits per heavy atom. The van der Waals surface area contributed by atoms with Crippen molar-refractivity contribution < 1.29 is 19.1 Å². The van der Waals surface area contributed by atoms with Gasteiger partial charge in [-0.3, -0.25) is 9.59 Å². The van der Waals surface area contributed by atoms with Crippen molar-refractivity contribution in [2.45, 2.75) is 19.5 Å². The molecule has 0 unspecified atom stereocenters. The summed E-state index contributed by atoms with van der Waals surface area (Å²) in [6.07, 6.45) is 1.51. The van der Waals surface area contributed by atoms with Crippen molar-refractivity contribution in [3.63, 3.8) is 0 Å². The average Bonchev–Trinajstić information content (AvgIpc) is 3.31. The van der Waals surface area contributed by atoms with Crippen molar-refractivity contribution in [1.29, 1.82) is 0 Å². The Bertz CT molecular complexity index is 1080. The van der Waals surface area contributed by atoms with Crippen LogP contribution in [0, 0.1) is 6.92 Å². The molecule has 6 heteroatoms. The molecule has 2 heterocycles. The molecule has 1 fully saturated rings. The molecule has 0 spiro atoms. The Labute approximate surface area is 172 Å². The number of Topliss-reactive ketones (excluding diaryl/α,β-unsaturated/α-hetero) is 1. The molecular formula is C23H18ClNO4. The Kier molecular flexibility index (Phi) is 4.99. The van der Waals surface area contributed by atoms with Gasteiger partial charge in [-0.05, 0) is 36.8 Å². The average molecular weight is 408 g/mol. The summed E-state index contributed by atoms with van der Waals surface area (Å²) >= 11 is 6.01. The van der Waals surface area contributed by atoms with Gasteiger partial charge in [-0.1, -0.05) is 53.6 Å². The predicted molar refractivity (Wildman–Crippen MR) is 109 cm³/mol. The first-order chi connectivity index (χ1) is 14.0. The van der Waals surface area contributed by atoms with Crippen LogP contribution in [0.25, 0.3) is 5.76 Å². The number of hydrogen-bond donors (Lipinski definition) is 1. The Morgan fingerprint density at radius 3 is 2.38 bits per heavy atom. The molecule has 0 aliphatic carbocycles. The van der Waals surface area contributed by atoms with E-state index in [4.69, 9.17) is 16.0 Å². The number of rotatable bonds is 4. The zero-order valence-electron chi connectivity index (χ0n) is 15.6. The zero-order valence-corrected chi connectivity index (χ0v) is 16.4. The maximum Gasteiger partial charge on any atom is 0.296 e. The molecule has 4 rings (SSSR count). The number of nitrogens with zero attached hydrogens (tertiary/aromatic N) is 1. The van der Waals surface area contributed by atoms with Gasteiger partial charge in [0, 0.05) is 10.6 Å². The molecule has 3 aromatic rings. The number of benzene rings is 2. The molecule has 2 aromatic carbocycles. The normalized spacial score (nSPS) is 18.4. The van der Waals surface area contributed by atoms with Crippen LogP contribution in [0.2, 0.25) is 5.02 Å². The minimum absolute atomic E-state index is 0.0488. The second-order valence-corrected chi connectivity index (χ2v) is 7.36. The molecule has 146 valence electrons. The van der Waals surface area contributed by atoms with Gasteiger partial charge in [0.1, 0.15) is 11.5 Å². The summed E-state index contributed by atoms with van der Waals surface area (Å²) in [5.74, 6) is -1.07. The lowest BCUT2D eigenvalue weighted by Gasteiger charge is -2.24. The van der Waals surface area contributed by atoms with E-state index >= 15 is 0 Å². The molecule has 0 saturated carbocycles. The number of carbonyl (C=O) groups is 2. The molecule has 1 N–H and O–H groups in total. The molecule has 0 radical (unpaired) electrons. The summed E-state index contributed by atoms with van der Waals surface area (Å²) < 4.78 is 5.37. The van der Waals surface area contributed by atoms with Crippen LogP contribution in [0.1, 0.15) is 28.5 Å². The molecule has 1 atom stereocenters. The van der Waals surface area contributed by atoms with Gasteiger partial charge in [0.05, 0.1) is 24.4 Å². The largest absolute Gasteiger partial charge is 0.507 e. The quantitative estimate of drug-likeness (QED) is 0.381. The van der Waals surface area contributed by atoms with E-state index in [0.29, 0.717) is 21.9 Å². The highest BCUT2D eigenvalue weighted by Gasteiger charge is 2.46. The van der Waals surface area contributed by atoms with Crippen LogP contribution >= 0.6 is 11.6 Å². The molecule has 5 nitrogen and oxygen atoms in total. The number of aliphatic hydroxyl groups is 1. The Hall–Kier alpha value is -3.31. The molecule has 1 saturated heterocycles. The summed E-state index contributed by atoms with van der Waals surface area (Å²) in [5.41, 5.74) is 2.22. The zero-order chi connectivity index (χ0) is 20.5. The maximum atomic E-state index is 12.9. The van der Waals surface area contributed by atoms with E-state index in [0.717, 1.165) is 5.56 Å². The van der Waals surface area contributed by atoms with Gasteiger partial charge >= 0.3 is 0 Å². The number of halogens is 1. The smallest absolute Gasteiger partial charge is 0.296 e. The van der Waals surface area contributed by atoms with Gasteiger partial charge in [0.2, 0.25) is 0 Å². The lowest BCUT2D eigenvalue weighted by atomic mass is 9.95. The molecule has 1 aliphatic rings. The van der Waals surface area contributed by atoms with Crippen LogP contribution in [0.4, 0.5) is 0 Å². The first kappa shape index (κ1) is 19.0. The van der Waals surface area contributed by atoms with E-state index in [2.05, 4.69) is 0 Å². The fourth-order valence-corrected chi connectivity index (χ4v) is 3.60. The van der Waals surface area contributed by atoms with E-state index in [9.17, 15) is 14.7 Å². The van der Waals surface area contributed by atoms with Crippen LogP contribution in [-0.4, -0.2) is 21.7 Å². The molecular weight excluding hydrogens is 390 g/mol. The second-order valence-electron chi connectivity index (χ2n) is 6.92. The first-order valence-corrected chi connectivity index (χ1v) is 9.47. The van der Waals surface area contributed by atoms with Gasteiger partial charge in [-0.2, -0.15) is 0 Å². The van der Waals surface area contributed by atoms with Gasteiger partial charge < -0.3 is 14.4 Å². The van der Waals surface area contributed by atoms with Crippen LogP contribution in [0.3, 0.4) is 0 Å². The lowest BCUT2D eigenvalue weighted by Crippen LogP contribution is -2.29. The number of amides is 1. The van der Waals surface area contributed by atoms with Crippen molar-refractivity contribution in [3.8, 4) is 0 Å². The fourth-order valence-electron chi connectivity index (χ4n) is 3.47. The van der Waals surface area contributed by atoms with Crippen molar-refractivity contribution in [3.05, 3.63) is 100.0 Å². The van der Waals surface area contributed by atoms with E-state index in [1.807, 2.05) is 19.1 Å². The highest BCUT2D eigenvalue weighted by atomic mass is 35.5.